The van der Waals surface area contributed by atoms with E-state index >= 15 is 0 Å². The highest BCUT2D eigenvalue weighted by Crippen LogP contribution is 2.10. The lowest BCUT2D eigenvalue weighted by Gasteiger charge is -2.05. The molecule has 0 saturated carbocycles. The number of rotatable bonds is 7. The smallest absolute Gasteiger partial charge is 0.259 e. The fraction of sp³-hybridized carbons (Fsp3) is 0.727. The van der Waals surface area contributed by atoms with Gasteiger partial charge < -0.3 is 4.57 Å². The van der Waals surface area contributed by atoms with Crippen LogP contribution in [-0.4, -0.2) is 29.9 Å². The molecule has 0 fully saturated rings. The van der Waals surface area contributed by atoms with Gasteiger partial charge in [0.15, 0.2) is 5.03 Å². The zero-order chi connectivity index (χ0) is 13.8. The summed E-state index contributed by atoms with van der Waals surface area (Å²) in [6.45, 7) is 6.76. The number of halogens is 1. The first-order valence-electron chi connectivity index (χ1n) is 6.04. The van der Waals surface area contributed by atoms with Gasteiger partial charge in [-0.15, -0.1) is 11.6 Å². The molecular formula is C11H20ClN3O2S. The lowest BCUT2D eigenvalue weighted by atomic mass is 10.3. The molecule has 0 aliphatic rings. The van der Waals surface area contributed by atoms with Crippen LogP contribution in [-0.2, 0) is 16.6 Å². The molecule has 5 nitrogen and oxygen atoms in total. The van der Waals surface area contributed by atoms with Gasteiger partial charge in [-0.25, -0.2) is 18.1 Å². The summed E-state index contributed by atoms with van der Waals surface area (Å²) in [6.07, 6.45) is 3.11. The van der Waals surface area contributed by atoms with Crippen LogP contribution < -0.4 is 4.72 Å². The summed E-state index contributed by atoms with van der Waals surface area (Å²) in [5, 5.41) is 0.0303. The average Bonchev–Trinajstić information content (AvgIpc) is 2.61. The lowest BCUT2D eigenvalue weighted by Crippen LogP contribution is -2.26. The van der Waals surface area contributed by atoms with Crippen LogP contribution in [0.3, 0.4) is 0 Å². The number of imidazole rings is 1. The molecule has 0 radical (unpaired) electrons. The third kappa shape index (κ3) is 4.26. The molecule has 0 spiro atoms. The van der Waals surface area contributed by atoms with Crippen molar-refractivity contribution in [3.8, 4) is 0 Å². The van der Waals surface area contributed by atoms with E-state index < -0.39 is 10.0 Å². The van der Waals surface area contributed by atoms with Gasteiger partial charge in [0.05, 0.1) is 0 Å². The van der Waals surface area contributed by atoms with E-state index in [9.17, 15) is 8.42 Å². The highest BCUT2D eigenvalue weighted by atomic mass is 35.5. The molecule has 1 unspecified atom stereocenters. The Labute approximate surface area is 114 Å². The molecule has 0 aliphatic heterocycles. The van der Waals surface area contributed by atoms with Crippen LogP contribution in [0.1, 0.15) is 32.5 Å². The van der Waals surface area contributed by atoms with E-state index in [0.29, 0.717) is 18.8 Å². The van der Waals surface area contributed by atoms with Crippen molar-refractivity contribution in [2.24, 2.45) is 0 Å². The van der Waals surface area contributed by atoms with Crippen molar-refractivity contribution in [3.05, 3.63) is 12.0 Å². The molecule has 1 aromatic rings. The minimum atomic E-state index is -3.52. The molecule has 1 N–H and O–H groups in total. The Kier molecular flexibility index (Phi) is 5.62. The summed E-state index contributed by atoms with van der Waals surface area (Å²) in [7, 11) is -3.52. The molecule has 1 rings (SSSR count). The maximum atomic E-state index is 12.0. The highest BCUT2D eigenvalue weighted by Gasteiger charge is 2.18. The topological polar surface area (TPSA) is 64.0 Å². The van der Waals surface area contributed by atoms with Gasteiger partial charge in [0.2, 0.25) is 0 Å². The molecule has 1 atom stereocenters. The van der Waals surface area contributed by atoms with Gasteiger partial charge >= 0.3 is 0 Å². The minimum Gasteiger partial charge on any atom is -0.334 e. The Morgan fingerprint density at radius 1 is 1.56 bits per heavy atom. The standard InChI is InChI=1S/C11H20ClN3O2S/c1-4-7-15-8-11(14-10(15)3)18(16,17)13-6-5-9(2)12/h8-9,13H,4-7H2,1-3H3. The Hall–Kier alpha value is -0.590. The van der Waals surface area contributed by atoms with E-state index in [1.165, 1.54) is 0 Å². The van der Waals surface area contributed by atoms with Crippen molar-refractivity contribution in [2.45, 2.75) is 50.6 Å². The first-order chi connectivity index (χ1) is 8.36. The van der Waals surface area contributed by atoms with Gasteiger partial charge in [0.1, 0.15) is 5.82 Å². The Morgan fingerprint density at radius 3 is 2.78 bits per heavy atom. The normalized spacial score (nSPS) is 13.8. The first kappa shape index (κ1) is 15.5. The van der Waals surface area contributed by atoms with Crippen molar-refractivity contribution in [2.75, 3.05) is 6.54 Å². The Bertz CT molecular complexity index is 482. The van der Waals surface area contributed by atoms with E-state index in [-0.39, 0.29) is 10.4 Å². The monoisotopic (exact) mass is 293 g/mol. The number of aromatic nitrogens is 2. The number of alkyl halides is 1. The molecule has 18 heavy (non-hydrogen) atoms. The third-order valence-corrected chi connectivity index (χ3v) is 4.08. The van der Waals surface area contributed by atoms with Crippen LogP contribution in [0.25, 0.3) is 0 Å². The minimum absolute atomic E-state index is 0.0490. The predicted molar refractivity (Wildman–Crippen MR) is 72.4 cm³/mol. The quantitative estimate of drug-likeness (QED) is 0.781. The van der Waals surface area contributed by atoms with E-state index in [0.717, 1.165) is 13.0 Å². The fourth-order valence-corrected chi connectivity index (χ4v) is 2.70. The first-order valence-corrected chi connectivity index (χ1v) is 7.96. The van der Waals surface area contributed by atoms with E-state index in [1.807, 2.05) is 18.4 Å². The number of nitrogens with one attached hydrogen (secondary N) is 1. The van der Waals surface area contributed by atoms with Gasteiger partial charge in [-0.05, 0) is 26.7 Å². The van der Waals surface area contributed by atoms with Crippen LogP contribution in [0.15, 0.2) is 11.2 Å². The molecule has 1 aromatic heterocycles. The summed E-state index contributed by atoms with van der Waals surface area (Å²) >= 11 is 5.77. The van der Waals surface area contributed by atoms with E-state index in [2.05, 4.69) is 9.71 Å². The van der Waals surface area contributed by atoms with Crippen LogP contribution in [0.2, 0.25) is 0 Å². The number of aryl methyl sites for hydroxylation is 2. The van der Waals surface area contributed by atoms with Crippen molar-refractivity contribution in [3.63, 3.8) is 0 Å². The largest absolute Gasteiger partial charge is 0.334 e. The number of sulfonamides is 1. The van der Waals surface area contributed by atoms with E-state index in [1.54, 1.807) is 13.1 Å². The lowest BCUT2D eigenvalue weighted by molar-refractivity contribution is 0.575. The molecule has 0 aromatic carbocycles. The van der Waals surface area contributed by atoms with Crippen LogP contribution in [0, 0.1) is 6.92 Å². The zero-order valence-electron chi connectivity index (χ0n) is 11.0. The second kappa shape index (κ2) is 6.54. The SMILES string of the molecule is CCCn1cc(S(=O)(=O)NCCC(C)Cl)nc1C. The summed E-state index contributed by atoms with van der Waals surface area (Å²) < 4.78 is 28.3. The summed E-state index contributed by atoms with van der Waals surface area (Å²) in [6, 6.07) is 0. The Balaban J connectivity index is 2.75. The van der Waals surface area contributed by atoms with Crippen molar-refractivity contribution < 1.29 is 8.42 Å². The second-order valence-electron chi connectivity index (χ2n) is 4.29. The summed E-state index contributed by atoms with van der Waals surface area (Å²) in [5.41, 5.74) is 0. The number of hydrogen-bond donors (Lipinski definition) is 1. The third-order valence-electron chi connectivity index (χ3n) is 2.53. The molecule has 0 aliphatic carbocycles. The predicted octanol–water partition coefficient (Wildman–Crippen LogP) is 1.90. The van der Waals surface area contributed by atoms with Gasteiger partial charge in [-0.1, -0.05) is 6.92 Å². The van der Waals surface area contributed by atoms with Crippen LogP contribution in [0.5, 0.6) is 0 Å². The second-order valence-corrected chi connectivity index (χ2v) is 6.75. The molecular weight excluding hydrogens is 274 g/mol. The van der Waals surface area contributed by atoms with Gasteiger partial charge in [0.25, 0.3) is 10.0 Å². The van der Waals surface area contributed by atoms with Crippen LogP contribution >= 0.6 is 11.6 Å². The van der Waals surface area contributed by atoms with Gasteiger partial charge in [-0.2, -0.15) is 0 Å². The maximum absolute atomic E-state index is 12.0. The molecule has 0 amide bonds. The molecule has 0 bridgehead atoms. The average molecular weight is 294 g/mol. The van der Waals surface area contributed by atoms with Gasteiger partial charge in [-0.3, -0.25) is 0 Å². The number of nitrogens with zero attached hydrogens (tertiary/aromatic N) is 2. The Morgan fingerprint density at radius 2 is 2.22 bits per heavy atom. The van der Waals surface area contributed by atoms with Gasteiger partial charge in [0, 0.05) is 24.7 Å². The molecule has 7 heteroatoms. The van der Waals surface area contributed by atoms with Crippen LogP contribution in [0.4, 0.5) is 0 Å². The highest BCUT2D eigenvalue weighted by molar-refractivity contribution is 7.89. The summed E-state index contributed by atoms with van der Waals surface area (Å²) in [5.74, 6) is 0.711. The fourth-order valence-electron chi connectivity index (χ4n) is 1.54. The van der Waals surface area contributed by atoms with E-state index in [4.69, 9.17) is 11.6 Å². The number of hydrogen-bond acceptors (Lipinski definition) is 3. The molecule has 0 saturated heterocycles. The molecule has 1 heterocycles. The maximum Gasteiger partial charge on any atom is 0.259 e. The molecule has 104 valence electrons. The summed E-state index contributed by atoms with van der Waals surface area (Å²) in [4.78, 5) is 4.08. The van der Waals surface area contributed by atoms with Crippen molar-refractivity contribution in [1.29, 1.82) is 0 Å². The van der Waals surface area contributed by atoms with Crippen molar-refractivity contribution >= 4 is 21.6 Å². The van der Waals surface area contributed by atoms with Crippen molar-refractivity contribution in [1.82, 2.24) is 14.3 Å². The zero-order valence-corrected chi connectivity index (χ0v) is 12.6.